The third-order valence-electron chi connectivity index (χ3n) is 3.44. The second-order valence-corrected chi connectivity index (χ2v) is 7.70. The van der Waals surface area contributed by atoms with E-state index in [2.05, 4.69) is 0 Å². The monoisotopic (exact) mass is 280 g/mol. The van der Waals surface area contributed by atoms with Crippen molar-refractivity contribution in [3.8, 4) is 6.07 Å². The highest BCUT2D eigenvalue weighted by atomic mass is 32.2. The van der Waals surface area contributed by atoms with Gasteiger partial charge in [-0.05, 0) is 30.5 Å². The van der Waals surface area contributed by atoms with E-state index in [4.69, 9.17) is 5.26 Å². The zero-order valence-electron chi connectivity index (χ0n) is 12.0. The molecule has 0 bridgehead atoms. The Hall–Kier alpha value is -1.38. The summed E-state index contributed by atoms with van der Waals surface area (Å²) in [6, 6.07) is 7.90. The van der Waals surface area contributed by atoms with Crippen molar-refractivity contribution >= 4 is 10.0 Å². The highest BCUT2D eigenvalue weighted by Gasteiger charge is 2.32. The standard InChI is InChI=1S/C14H20N2O2S/c1-11(14(2,3)4)16(5)19(17,18)13-8-6-7-12(9-13)10-15/h6-9,11H,1-5H3. The van der Waals surface area contributed by atoms with Crippen LogP contribution in [0.3, 0.4) is 0 Å². The Labute approximate surface area is 115 Å². The lowest BCUT2D eigenvalue weighted by Gasteiger charge is -2.34. The van der Waals surface area contributed by atoms with Crippen LogP contribution >= 0.6 is 0 Å². The number of nitriles is 1. The minimum Gasteiger partial charge on any atom is -0.207 e. The van der Waals surface area contributed by atoms with Crippen LogP contribution in [0.5, 0.6) is 0 Å². The van der Waals surface area contributed by atoms with Gasteiger partial charge in [0.1, 0.15) is 0 Å². The minimum absolute atomic E-state index is 0.150. The van der Waals surface area contributed by atoms with Crippen LogP contribution in [0.15, 0.2) is 29.2 Å². The number of hydrogen-bond acceptors (Lipinski definition) is 3. The maximum Gasteiger partial charge on any atom is 0.243 e. The molecule has 4 nitrogen and oxygen atoms in total. The van der Waals surface area contributed by atoms with Crippen LogP contribution in [0.1, 0.15) is 33.3 Å². The Bertz CT molecular complexity index is 595. The van der Waals surface area contributed by atoms with Crippen LogP contribution in [-0.2, 0) is 10.0 Å². The molecule has 0 spiro atoms. The van der Waals surface area contributed by atoms with Gasteiger partial charge >= 0.3 is 0 Å². The SMILES string of the molecule is CC(N(C)S(=O)(=O)c1cccc(C#N)c1)C(C)(C)C. The Morgan fingerprint density at radius 2 is 1.89 bits per heavy atom. The molecular formula is C14H20N2O2S. The Morgan fingerprint density at radius 1 is 1.32 bits per heavy atom. The fourth-order valence-corrected chi connectivity index (χ4v) is 3.24. The van der Waals surface area contributed by atoms with Gasteiger partial charge in [-0.2, -0.15) is 9.57 Å². The van der Waals surface area contributed by atoms with Crippen molar-refractivity contribution in [3.05, 3.63) is 29.8 Å². The zero-order valence-corrected chi connectivity index (χ0v) is 12.8. The van der Waals surface area contributed by atoms with E-state index in [0.717, 1.165) is 0 Å². The molecular weight excluding hydrogens is 260 g/mol. The van der Waals surface area contributed by atoms with Crippen LogP contribution < -0.4 is 0 Å². The van der Waals surface area contributed by atoms with Crippen molar-refractivity contribution in [1.29, 1.82) is 5.26 Å². The summed E-state index contributed by atoms with van der Waals surface area (Å²) in [6.45, 7) is 7.87. The first-order valence-corrected chi connectivity index (χ1v) is 7.53. The van der Waals surface area contributed by atoms with Gasteiger partial charge in [0.25, 0.3) is 0 Å². The second-order valence-electron chi connectivity index (χ2n) is 5.70. The smallest absolute Gasteiger partial charge is 0.207 e. The molecule has 0 aliphatic carbocycles. The van der Waals surface area contributed by atoms with Crippen molar-refractivity contribution in [1.82, 2.24) is 4.31 Å². The topological polar surface area (TPSA) is 61.2 Å². The molecule has 104 valence electrons. The van der Waals surface area contributed by atoms with E-state index in [1.165, 1.54) is 16.4 Å². The molecule has 1 aromatic rings. The average Bonchev–Trinajstić information content (AvgIpc) is 2.35. The first kappa shape index (κ1) is 15.7. The van der Waals surface area contributed by atoms with Gasteiger partial charge in [0, 0.05) is 13.1 Å². The Balaban J connectivity index is 3.21. The quantitative estimate of drug-likeness (QED) is 0.855. The van der Waals surface area contributed by atoms with Gasteiger partial charge in [-0.1, -0.05) is 26.8 Å². The van der Waals surface area contributed by atoms with Gasteiger partial charge in [0.05, 0.1) is 16.5 Å². The first-order valence-electron chi connectivity index (χ1n) is 6.09. The van der Waals surface area contributed by atoms with Crippen LogP contribution in [0.4, 0.5) is 0 Å². The molecule has 0 radical (unpaired) electrons. The van der Waals surface area contributed by atoms with Crippen molar-refractivity contribution in [2.24, 2.45) is 5.41 Å². The fourth-order valence-electron chi connectivity index (χ4n) is 1.65. The second kappa shape index (κ2) is 5.32. The summed E-state index contributed by atoms with van der Waals surface area (Å²) in [5, 5.41) is 8.85. The van der Waals surface area contributed by atoms with Gasteiger partial charge in [0.2, 0.25) is 10.0 Å². The lowest BCUT2D eigenvalue weighted by molar-refractivity contribution is 0.216. The summed E-state index contributed by atoms with van der Waals surface area (Å²) in [5.74, 6) is 0. The summed E-state index contributed by atoms with van der Waals surface area (Å²) in [4.78, 5) is 0.158. The van der Waals surface area contributed by atoms with Crippen LogP contribution in [0.25, 0.3) is 0 Å². The number of sulfonamides is 1. The van der Waals surface area contributed by atoms with E-state index in [9.17, 15) is 8.42 Å². The molecule has 19 heavy (non-hydrogen) atoms. The Morgan fingerprint density at radius 3 is 2.37 bits per heavy atom. The molecule has 0 aliphatic rings. The highest BCUT2D eigenvalue weighted by Crippen LogP contribution is 2.27. The summed E-state index contributed by atoms with van der Waals surface area (Å²) < 4.78 is 26.4. The molecule has 0 aliphatic heterocycles. The maximum atomic E-state index is 12.5. The lowest BCUT2D eigenvalue weighted by atomic mass is 9.88. The molecule has 1 atom stereocenters. The number of rotatable bonds is 3. The number of hydrogen-bond donors (Lipinski definition) is 0. The van der Waals surface area contributed by atoms with Crippen molar-refractivity contribution in [2.75, 3.05) is 7.05 Å². The summed E-state index contributed by atoms with van der Waals surface area (Å²) >= 11 is 0. The van der Waals surface area contributed by atoms with Crippen LogP contribution in [0, 0.1) is 16.7 Å². The van der Waals surface area contributed by atoms with E-state index in [1.54, 1.807) is 19.2 Å². The largest absolute Gasteiger partial charge is 0.243 e. The van der Waals surface area contributed by atoms with Crippen molar-refractivity contribution in [2.45, 2.75) is 38.6 Å². The molecule has 0 saturated heterocycles. The van der Waals surface area contributed by atoms with Crippen molar-refractivity contribution in [3.63, 3.8) is 0 Å². The van der Waals surface area contributed by atoms with Gasteiger partial charge in [-0.25, -0.2) is 8.42 Å². The van der Waals surface area contributed by atoms with Gasteiger partial charge < -0.3 is 0 Å². The maximum absolute atomic E-state index is 12.5. The lowest BCUT2D eigenvalue weighted by Crippen LogP contribution is -2.42. The Kier molecular flexibility index (Phi) is 4.39. The molecule has 1 aromatic carbocycles. The highest BCUT2D eigenvalue weighted by molar-refractivity contribution is 7.89. The molecule has 0 heterocycles. The van der Waals surface area contributed by atoms with Gasteiger partial charge in [0.15, 0.2) is 0 Å². The number of nitrogens with zero attached hydrogens (tertiary/aromatic N) is 2. The molecule has 0 N–H and O–H groups in total. The van der Waals surface area contributed by atoms with E-state index in [0.29, 0.717) is 5.56 Å². The fraction of sp³-hybridized carbons (Fsp3) is 0.500. The summed E-state index contributed by atoms with van der Waals surface area (Å²) in [5.41, 5.74) is 0.187. The van der Waals surface area contributed by atoms with Gasteiger partial charge in [-0.3, -0.25) is 0 Å². The van der Waals surface area contributed by atoms with Crippen molar-refractivity contribution < 1.29 is 8.42 Å². The molecule has 0 saturated carbocycles. The number of benzene rings is 1. The van der Waals surface area contributed by atoms with Gasteiger partial charge in [-0.15, -0.1) is 0 Å². The van der Waals surface area contributed by atoms with Crippen LogP contribution in [0.2, 0.25) is 0 Å². The predicted molar refractivity (Wildman–Crippen MR) is 75.0 cm³/mol. The minimum atomic E-state index is -3.57. The molecule has 5 heteroatoms. The van der Waals surface area contributed by atoms with E-state index < -0.39 is 10.0 Å². The summed E-state index contributed by atoms with van der Waals surface area (Å²) in [6.07, 6.45) is 0. The molecule has 1 rings (SSSR count). The molecule has 0 aromatic heterocycles. The molecule has 1 unspecified atom stereocenters. The zero-order chi connectivity index (χ0) is 14.8. The van der Waals surface area contributed by atoms with Crippen LogP contribution in [-0.4, -0.2) is 25.8 Å². The summed E-state index contributed by atoms with van der Waals surface area (Å²) in [7, 11) is -2.00. The van der Waals surface area contributed by atoms with E-state index >= 15 is 0 Å². The third kappa shape index (κ3) is 3.34. The normalized spacial score (nSPS) is 14.2. The third-order valence-corrected chi connectivity index (χ3v) is 5.36. The average molecular weight is 280 g/mol. The van der Waals surface area contributed by atoms with E-state index in [-0.39, 0.29) is 16.4 Å². The predicted octanol–water partition coefficient (Wildman–Crippen LogP) is 2.61. The first-order chi connectivity index (χ1) is 8.60. The molecule has 0 amide bonds. The van der Waals surface area contributed by atoms with E-state index in [1.807, 2.05) is 33.8 Å². The molecule has 0 fully saturated rings.